The van der Waals surface area contributed by atoms with E-state index in [1.165, 1.54) is 7.11 Å². The quantitative estimate of drug-likeness (QED) is 0.652. The summed E-state index contributed by atoms with van der Waals surface area (Å²) in [7, 11) is 3.10. The maximum atomic E-state index is 13.1. The van der Waals surface area contributed by atoms with Gasteiger partial charge in [-0.2, -0.15) is 0 Å². The lowest BCUT2D eigenvalue weighted by Crippen LogP contribution is -2.19. The largest absolute Gasteiger partial charge is 0.493 e. The Bertz CT molecular complexity index is 1090. The number of hydrogen-bond acceptors (Lipinski definition) is 4. The van der Waals surface area contributed by atoms with E-state index in [4.69, 9.17) is 9.47 Å². The summed E-state index contributed by atoms with van der Waals surface area (Å²) in [5, 5.41) is 7.69. The molecule has 0 aliphatic heterocycles. The highest BCUT2D eigenvalue weighted by Gasteiger charge is 2.30. The summed E-state index contributed by atoms with van der Waals surface area (Å²) < 4.78 is 10.5. The van der Waals surface area contributed by atoms with E-state index in [-0.39, 0.29) is 17.7 Å². The molecular formula is C23H22N2O4. The summed E-state index contributed by atoms with van der Waals surface area (Å²) in [4.78, 5) is 25.4. The number of benzene rings is 3. The van der Waals surface area contributed by atoms with Gasteiger partial charge >= 0.3 is 0 Å². The summed E-state index contributed by atoms with van der Waals surface area (Å²) >= 11 is 0. The molecular weight excluding hydrogens is 368 g/mol. The molecule has 0 atom stereocenters. The maximum absolute atomic E-state index is 13.1. The predicted octanol–water partition coefficient (Wildman–Crippen LogP) is 4.46. The zero-order valence-corrected chi connectivity index (χ0v) is 16.3. The van der Waals surface area contributed by atoms with Crippen LogP contribution in [0.1, 0.15) is 23.2 Å². The van der Waals surface area contributed by atoms with Crippen molar-refractivity contribution in [1.82, 2.24) is 0 Å². The number of amides is 2. The highest BCUT2D eigenvalue weighted by molar-refractivity contribution is 6.13. The van der Waals surface area contributed by atoms with Crippen molar-refractivity contribution < 1.29 is 19.1 Å². The van der Waals surface area contributed by atoms with Gasteiger partial charge in [0.05, 0.1) is 25.5 Å². The third-order valence-corrected chi connectivity index (χ3v) is 4.98. The third kappa shape index (κ3) is 4.01. The number of nitrogens with one attached hydrogen (secondary N) is 2. The molecule has 1 aliphatic carbocycles. The fraction of sp³-hybridized carbons (Fsp3) is 0.217. The van der Waals surface area contributed by atoms with Crippen LogP contribution >= 0.6 is 0 Å². The molecule has 0 aromatic heterocycles. The van der Waals surface area contributed by atoms with Gasteiger partial charge in [-0.3, -0.25) is 9.59 Å². The van der Waals surface area contributed by atoms with Gasteiger partial charge in [-0.1, -0.05) is 24.3 Å². The van der Waals surface area contributed by atoms with Crippen molar-refractivity contribution in [3.05, 3.63) is 60.2 Å². The molecule has 1 saturated carbocycles. The lowest BCUT2D eigenvalue weighted by atomic mass is 10.0. The van der Waals surface area contributed by atoms with E-state index < -0.39 is 0 Å². The molecule has 3 aromatic rings. The Morgan fingerprint density at radius 1 is 0.862 bits per heavy atom. The van der Waals surface area contributed by atoms with Crippen LogP contribution < -0.4 is 20.1 Å². The zero-order valence-electron chi connectivity index (χ0n) is 16.3. The van der Waals surface area contributed by atoms with Crippen molar-refractivity contribution in [1.29, 1.82) is 0 Å². The first kappa shape index (κ1) is 18.8. The van der Waals surface area contributed by atoms with Crippen LogP contribution in [0.3, 0.4) is 0 Å². The molecule has 0 saturated heterocycles. The number of rotatable bonds is 6. The van der Waals surface area contributed by atoms with Gasteiger partial charge in [-0.05, 0) is 47.9 Å². The number of ether oxygens (including phenoxy) is 2. The van der Waals surface area contributed by atoms with Crippen LogP contribution in [0.25, 0.3) is 10.8 Å². The molecule has 0 bridgehead atoms. The Hall–Kier alpha value is -3.54. The van der Waals surface area contributed by atoms with Gasteiger partial charge in [0.25, 0.3) is 5.91 Å². The number of hydrogen-bond donors (Lipinski definition) is 2. The molecule has 0 heterocycles. The molecule has 4 rings (SSSR count). The smallest absolute Gasteiger partial charge is 0.257 e. The van der Waals surface area contributed by atoms with Crippen LogP contribution in [-0.4, -0.2) is 26.0 Å². The van der Waals surface area contributed by atoms with E-state index in [2.05, 4.69) is 10.6 Å². The molecule has 29 heavy (non-hydrogen) atoms. The molecule has 6 nitrogen and oxygen atoms in total. The third-order valence-electron chi connectivity index (χ3n) is 4.98. The molecule has 0 spiro atoms. The first-order valence-corrected chi connectivity index (χ1v) is 9.46. The number of methoxy groups -OCH3 is 2. The highest BCUT2D eigenvalue weighted by atomic mass is 16.5. The van der Waals surface area contributed by atoms with Crippen LogP contribution in [0.4, 0.5) is 11.4 Å². The molecule has 2 amide bonds. The lowest BCUT2D eigenvalue weighted by Gasteiger charge is -2.14. The van der Waals surface area contributed by atoms with E-state index in [1.54, 1.807) is 31.4 Å². The fourth-order valence-corrected chi connectivity index (χ4v) is 3.22. The molecule has 148 valence electrons. The second kappa shape index (κ2) is 7.83. The monoisotopic (exact) mass is 390 g/mol. The Kier molecular flexibility index (Phi) is 5.08. The number of carbonyl (C=O) groups is 2. The van der Waals surface area contributed by atoms with E-state index in [0.717, 1.165) is 23.6 Å². The van der Waals surface area contributed by atoms with Crippen LogP contribution in [0.5, 0.6) is 11.5 Å². The van der Waals surface area contributed by atoms with Gasteiger partial charge in [0, 0.05) is 17.7 Å². The van der Waals surface area contributed by atoms with Gasteiger partial charge < -0.3 is 20.1 Å². The standard InChI is InChI=1S/C23H22N2O4/c1-28-20-10-9-17(13-21(20)29-2)24-23(27)18-11-15-5-3-4-6-16(15)12-19(18)25-22(26)14-7-8-14/h3-6,9-14H,7-8H2,1-2H3,(H,24,27)(H,25,26). The summed E-state index contributed by atoms with van der Waals surface area (Å²) in [5.41, 5.74) is 1.49. The number of fused-ring (bicyclic) bond motifs is 1. The average molecular weight is 390 g/mol. The van der Waals surface area contributed by atoms with Crippen molar-refractivity contribution in [2.75, 3.05) is 24.9 Å². The maximum Gasteiger partial charge on any atom is 0.257 e. The molecule has 0 radical (unpaired) electrons. The highest BCUT2D eigenvalue weighted by Crippen LogP contribution is 2.33. The Labute approximate surface area is 168 Å². The Morgan fingerprint density at radius 3 is 2.21 bits per heavy atom. The van der Waals surface area contributed by atoms with Crippen LogP contribution in [-0.2, 0) is 4.79 Å². The summed E-state index contributed by atoms with van der Waals surface area (Å²) in [6.07, 6.45) is 1.79. The van der Waals surface area contributed by atoms with Gasteiger partial charge in [0.1, 0.15) is 0 Å². The minimum atomic E-state index is -0.311. The first-order chi connectivity index (χ1) is 14.1. The van der Waals surface area contributed by atoms with E-state index in [1.807, 2.05) is 30.3 Å². The van der Waals surface area contributed by atoms with Crippen molar-refractivity contribution in [3.8, 4) is 11.5 Å². The van der Waals surface area contributed by atoms with Crippen molar-refractivity contribution in [2.45, 2.75) is 12.8 Å². The normalized spacial score (nSPS) is 13.0. The van der Waals surface area contributed by atoms with Crippen LogP contribution in [0.2, 0.25) is 0 Å². The van der Waals surface area contributed by atoms with Crippen LogP contribution in [0, 0.1) is 5.92 Å². The first-order valence-electron chi connectivity index (χ1n) is 9.46. The van der Waals surface area contributed by atoms with Crippen molar-refractivity contribution in [3.63, 3.8) is 0 Å². The minimum Gasteiger partial charge on any atom is -0.493 e. The number of anilines is 2. The Balaban J connectivity index is 1.67. The van der Waals surface area contributed by atoms with E-state index >= 15 is 0 Å². The van der Waals surface area contributed by atoms with Crippen molar-refractivity contribution >= 4 is 34.0 Å². The van der Waals surface area contributed by atoms with Crippen LogP contribution in [0.15, 0.2) is 54.6 Å². The molecule has 2 N–H and O–H groups in total. The summed E-state index contributed by atoms with van der Waals surface area (Å²) in [6, 6.07) is 16.5. The minimum absolute atomic E-state index is 0.0413. The zero-order chi connectivity index (χ0) is 20.4. The molecule has 3 aromatic carbocycles. The molecule has 6 heteroatoms. The van der Waals surface area contributed by atoms with Crippen molar-refractivity contribution in [2.24, 2.45) is 5.92 Å². The van der Waals surface area contributed by atoms with E-state index in [0.29, 0.717) is 28.4 Å². The average Bonchev–Trinajstić information content (AvgIpc) is 3.58. The number of carbonyl (C=O) groups excluding carboxylic acids is 2. The molecule has 1 fully saturated rings. The van der Waals surface area contributed by atoms with Gasteiger partial charge in [0.15, 0.2) is 11.5 Å². The second-order valence-electron chi connectivity index (χ2n) is 7.03. The topological polar surface area (TPSA) is 76.7 Å². The second-order valence-corrected chi connectivity index (χ2v) is 7.03. The van der Waals surface area contributed by atoms with Gasteiger partial charge in [-0.15, -0.1) is 0 Å². The molecule has 1 aliphatic rings. The summed E-state index contributed by atoms with van der Waals surface area (Å²) in [5.74, 6) is 0.789. The molecule has 0 unspecified atom stereocenters. The Morgan fingerprint density at radius 2 is 1.55 bits per heavy atom. The lowest BCUT2D eigenvalue weighted by molar-refractivity contribution is -0.117. The fourth-order valence-electron chi connectivity index (χ4n) is 3.22. The van der Waals surface area contributed by atoms with Gasteiger partial charge in [0.2, 0.25) is 5.91 Å². The van der Waals surface area contributed by atoms with Gasteiger partial charge in [-0.25, -0.2) is 0 Å². The predicted molar refractivity (Wildman–Crippen MR) is 113 cm³/mol. The summed E-state index contributed by atoms with van der Waals surface area (Å²) in [6.45, 7) is 0. The van der Waals surface area contributed by atoms with E-state index in [9.17, 15) is 9.59 Å². The SMILES string of the molecule is COc1ccc(NC(=O)c2cc3ccccc3cc2NC(=O)C2CC2)cc1OC.